The fourth-order valence-electron chi connectivity index (χ4n) is 5.20. The van der Waals surface area contributed by atoms with Gasteiger partial charge in [0, 0.05) is 12.3 Å². The zero-order chi connectivity index (χ0) is 26.0. The molecule has 2 N–H and O–H groups in total. The van der Waals surface area contributed by atoms with Crippen LogP contribution in [0.5, 0.6) is 0 Å². The summed E-state index contributed by atoms with van der Waals surface area (Å²) < 4.78 is 11.9. The van der Waals surface area contributed by atoms with Gasteiger partial charge < -0.3 is 19.7 Å². The molecule has 0 aromatic heterocycles. The smallest absolute Gasteiger partial charge is 0.309 e. The molecule has 0 spiro atoms. The van der Waals surface area contributed by atoms with Crippen LogP contribution in [0.3, 0.4) is 0 Å². The van der Waals surface area contributed by atoms with Gasteiger partial charge in [-0.15, -0.1) is 0 Å². The first-order valence-electron chi connectivity index (χ1n) is 12.9. The molecule has 2 aliphatic heterocycles. The van der Waals surface area contributed by atoms with Crippen LogP contribution in [0.15, 0.2) is 35.9 Å². The predicted octanol–water partition coefficient (Wildman–Crippen LogP) is 4.71. The Bertz CT molecular complexity index is 922. The van der Waals surface area contributed by atoms with E-state index in [1.54, 1.807) is 20.8 Å². The van der Waals surface area contributed by atoms with Crippen molar-refractivity contribution in [3.05, 3.63) is 41.5 Å². The highest BCUT2D eigenvalue weighted by molar-refractivity contribution is 5.88. The van der Waals surface area contributed by atoms with Crippen molar-refractivity contribution >= 4 is 17.8 Å². The topological polar surface area (TPSA) is 96.4 Å². The van der Waals surface area contributed by atoms with E-state index >= 15 is 0 Å². The number of Topliss-reactive ketones (excluding diaryl/α,β-unsaturated/α-hetero) is 1. The first kappa shape index (κ1) is 27.6. The number of esters is 1. The number of carbonyl (C=O) groups is 2. The minimum absolute atomic E-state index is 0.0329. The monoisotopic (exact) mass is 486 g/mol. The van der Waals surface area contributed by atoms with Crippen LogP contribution in [-0.2, 0) is 19.1 Å². The van der Waals surface area contributed by atoms with Gasteiger partial charge in [0.1, 0.15) is 11.9 Å². The van der Waals surface area contributed by atoms with Gasteiger partial charge in [-0.05, 0) is 43.7 Å². The Morgan fingerprint density at radius 1 is 1.09 bits per heavy atom. The van der Waals surface area contributed by atoms with Crippen LogP contribution in [0.2, 0.25) is 0 Å². The highest BCUT2D eigenvalue weighted by Gasteiger charge is 2.53. The van der Waals surface area contributed by atoms with Gasteiger partial charge in [0.2, 0.25) is 0 Å². The Morgan fingerprint density at radius 3 is 2.40 bits per heavy atom. The minimum Gasteiger partial charge on any atom is -0.458 e. The highest BCUT2D eigenvalue weighted by atomic mass is 16.6. The number of hydrogen-bond donors (Lipinski definition) is 2. The second-order valence-corrected chi connectivity index (χ2v) is 11.4. The van der Waals surface area contributed by atoms with Crippen LogP contribution >= 0.6 is 0 Å². The van der Waals surface area contributed by atoms with E-state index in [-0.39, 0.29) is 29.8 Å². The Hall–Kier alpha value is -2.02. The van der Waals surface area contributed by atoms with Gasteiger partial charge in [0.05, 0.1) is 35.7 Å². The molecule has 1 aromatic carbocycles. The first-order valence-corrected chi connectivity index (χ1v) is 12.9. The largest absolute Gasteiger partial charge is 0.458 e. The number of ether oxygens (including phenoxy) is 2. The molecule has 2 saturated heterocycles. The number of carbonyl (C=O) groups excluding carboxylic acids is 2. The Morgan fingerprint density at radius 2 is 1.74 bits per heavy atom. The number of hydrogen-bond acceptors (Lipinski definition) is 6. The van der Waals surface area contributed by atoms with Crippen molar-refractivity contribution in [2.45, 2.75) is 104 Å². The van der Waals surface area contributed by atoms with Crippen LogP contribution in [-0.4, -0.2) is 52.0 Å². The lowest BCUT2D eigenvalue weighted by Crippen LogP contribution is -2.45. The van der Waals surface area contributed by atoms with E-state index in [0.717, 1.165) is 30.4 Å². The van der Waals surface area contributed by atoms with Gasteiger partial charge in [-0.1, -0.05) is 70.5 Å². The number of aliphatic hydroxyl groups is 2. The third-order valence-corrected chi connectivity index (χ3v) is 8.11. The summed E-state index contributed by atoms with van der Waals surface area (Å²) in [6, 6.07) is 9.85. The number of aliphatic hydroxyl groups excluding tert-OH is 2. The molecule has 0 amide bonds. The molecule has 0 saturated carbocycles. The Labute approximate surface area is 209 Å². The molecule has 0 bridgehead atoms. The molecule has 35 heavy (non-hydrogen) atoms. The van der Waals surface area contributed by atoms with Gasteiger partial charge in [0.15, 0.2) is 0 Å². The second-order valence-electron chi connectivity index (χ2n) is 11.4. The maximum atomic E-state index is 13.2. The zero-order valence-electron chi connectivity index (χ0n) is 22.0. The average Bonchev–Trinajstić information content (AvgIpc) is 3.45. The summed E-state index contributed by atoms with van der Waals surface area (Å²) >= 11 is 0. The molecule has 2 aliphatic rings. The number of benzene rings is 1. The third kappa shape index (κ3) is 6.60. The minimum atomic E-state index is -1.22. The molecule has 2 unspecified atom stereocenters. The number of cyclic esters (lactones) is 1. The third-order valence-electron chi connectivity index (χ3n) is 8.11. The Kier molecular flexibility index (Phi) is 8.61. The van der Waals surface area contributed by atoms with Crippen molar-refractivity contribution in [2.24, 2.45) is 17.3 Å². The molecular formula is C29H42O6. The maximum Gasteiger partial charge on any atom is 0.309 e. The fraction of sp³-hybridized carbons (Fsp3) is 0.655. The number of epoxide rings is 1. The summed E-state index contributed by atoms with van der Waals surface area (Å²) in [5, 5.41) is 21.7. The maximum absolute atomic E-state index is 13.2. The first-order chi connectivity index (χ1) is 16.3. The van der Waals surface area contributed by atoms with Crippen LogP contribution in [0, 0.1) is 17.3 Å². The van der Waals surface area contributed by atoms with Crippen LogP contribution in [0.25, 0.3) is 6.08 Å². The van der Waals surface area contributed by atoms with E-state index in [4.69, 9.17) is 9.47 Å². The van der Waals surface area contributed by atoms with Crippen LogP contribution < -0.4 is 0 Å². The Balaban J connectivity index is 1.86. The molecule has 0 aliphatic carbocycles. The molecular weight excluding hydrogens is 444 g/mol. The van der Waals surface area contributed by atoms with Crippen molar-refractivity contribution in [2.75, 3.05) is 0 Å². The van der Waals surface area contributed by atoms with Gasteiger partial charge in [-0.2, -0.15) is 0 Å². The van der Waals surface area contributed by atoms with Gasteiger partial charge in [-0.3, -0.25) is 9.59 Å². The number of ketones is 1. The summed E-state index contributed by atoms with van der Waals surface area (Å²) in [7, 11) is 0. The standard InChI is InChI=1S/C29H42O6/c1-18-11-10-14-29(6)24(35-29)16-22(19(2)15-21-12-8-7-9-13-21)34-25(31)17-23(30)28(4,5)27(33)20(3)26(18)32/h7-9,12-13,15,18,20,22-24,26,30,32H,10-11,14,16-17H2,1-6H3/b19-15+/t18?,20-,22+,23+,24+,26?,29-/m1/s1. The lowest BCUT2D eigenvalue weighted by atomic mass is 9.73. The summed E-state index contributed by atoms with van der Waals surface area (Å²) in [6.07, 6.45) is 2.16. The molecule has 194 valence electrons. The summed E-state index contributed by atoms with van der Waals surface area (Å²) in [5.41, 5.74) is 0.431. The fourth-order valence-corrected chi connectivity index (χ4v) is 5.20. The van der Waals surface area contributed by atoms with Crippen molar-refractivity contribution < 1.29 is 29.3 Å². The van der Waals surface area contributed by atoms with E-state index < -0.39 is 35.6 Å². The lowest BCUT2D eigenvalue weighted by molar-refractivity contribution is -0.154. The number of fused-ring (bicyclic) bond motifs is 1. The second kappa shape index (κ2) is 10.9. The highest BCUT2D eigenvalue weighted by Crippen LogP contribution is 2.45. The van der Waals surface area contributed by atoms with Crippen molar-refractivity contribution in [3.63, 3.8) is 0 Å². The summed E-state index contributed by atoms with van der Waals surface area (Å²) in [5.74, 6) is -1.52. The van der Waals surface area contributed by atoms with Gasteiger partial charge in [0.25, 0.3) is 0 Å². The predicted molar refractivity (Wildman–Crippen MR) is 135 cm³/mol. The van der Waals surface area contributed by atoms with Gasteiger partial charge in [-0.25, -0.2) is 0 Å². The SMILES string of the molecule is C/C(=C\c1ccccc1)[C@@H]1C[C@@H]2O[C@]2(C)CCCC(C)C(O)[C@@H](C)C(=O)C(C)(C)[C@@H](O)CC(=O)O1. The molecule has 2 heterocycles. The molecule has 1 aromatic rings. The van der Waals surface area contributed by atoms with Gasteiger partial charge >= 0.3 is 5.97 Å². The molecule has 6 heteroatoms. The van der Waals surface area contributed by atoms with Crippen LogP contribution in [0.4, 0.5) is 0 Å². The van der Waals surface area contributed by atoms with Crippen molar-refractivity contribution in [3.8, 4) is 0 Å². The van der Waals surface area contributed by atoms with E-state index in [1.165, 1.54) is 0 Å². The normalized spacial score (nSPS) is 37.3. The molecule has 6 nitrogen and oxygen atoms in total. The molecule has 2 fully saturated rings. The lowest BCUT2D eigenvalue weighted by Gasteiger charge is -2.34. The zero-order valence-corrected chi connectivity index (χ0v) is 22.0. The van der Waals surface area contributed by atoms with Crippen LogP contribution in [0.1, 0.15) is 79.2 Å². The van der Waals surface area contributed by atoms with E-state index in [9.17, 15) is 19.8 Å². The molecule has 3 rings (SSSR count). The molecule has 7 atom stereocenters. The molecule has 0 radical (unpaired) electrons. The summed E-state index contributed by atoms with van der Waals surface area (Å²) in [4.78, 5) is 26.2. The number of rotatable bonds is 2. The van der Waals surface area contributed by atoms with Crippen molar-refractivity contribution in [1.29, 1.82) is 0 Å². The van der Waals surface area contributed by atoms with E-state index in [0.29, 0.717) is 6.42 Å². The summed E-state index contributed by atoms with van der Waals surface area (Å²) in [6.45, 7) is 10.9. The van der Waals surface area contributed by atoms with E-state index in [1.807, 2.05) is 50.3 Å². The quantitative estimate of drug-likeness (QED) is 0.464. The van der Waals surface area contributed by atoms with Crippen molar-refractivity contribution in [1.82, 2.24) is 0 Å². The van der Waals surface area contributed by atoms with E-state index in [2.05, 4.69) is 6.92 Å². The average molecular weight is 487 g/mol.